The van der Waals surface area contributed by atoms with E-state index in [-0.39, 0.29) is 17.3 Å². The molecular weight excluding hydrogens is 271 g/mol. The van der Waals surface area contributed by atoms with Gasteiger partial charge in [-0.2, -0.15) is 0 Å². The molecule has 3 rings (SSSR count). The molecule has 0 bridgehead atoms. The highest BCUT2D eigenvalue weighted by atomic mass is 32.2. The van der Waals surface area contributed by atoms with Gasteiger partial charge in [-0.3, -0.25) is 4.90 Å². The van der Waals surface area contributed by atoms with Gasteiger partial charge in [-0.25, -0.2) is 12.8 Å². The zero-order valence-corrected chi connectivity index (χ0v) is 11.0. The van der Waals surface area contributed by atoms with Gasteiger partial charge < -0.3 is 4.52 Å². The van der Waals surface area contributed by atoms with Gasteiger partial charge in [0.25, 0.3) is 0 Å². The van der Waals surface area contributed by atoms with Gasteiger partial charge in [0.1, 0.15) is 11.5 Å². The molecule has 7 heteroatoms. The number of rotatable bonds is 2. The van der Waals surface area contributed by atoms with Gasteiger partial charge in [-0.15, -0.1) is 0 Å². The van der Waals surface area contributed by atoms with Crippen molar-refractivity contribution in [1.82, 2.24) is 10.1 Å². The minimum atomic E-state index is -2.89. The highest BCUT2D eigenvalue weighted by Crippen LogP contribution is 2.21. The molecule has 0 spiro atoms. The third kappa shape index (κ3) is 2.62. The Hall–Kier alpha value is -1.47. The first-order chi connectivity index (χ1) is 9.03. The molecule has 0 saturated carbocycles. The second-order valence-corrected chi connectivity index (χ2v) is 7.00. The summed E-state index contributed by atoms with van der Waals surface area (Å²) in [5, 5.41) is 4.58. The Labute approximate surface area is 109 Å². The molecule has 1 aromatic heterocycles. The van der Waals surface area contributed by atoms with Crippen LogP contribution in [0.2, 0.25) is 0 Å². The van der Waals surface area contributed by atoms with E-state index < -0.39 is 9.84 Å². The van der Waals surface area contributed by atoms with Crippen molar-refractivity contribution in [2.24, 2.45) is 0 Å². The van der Waals surface area contributed by atoms with Crippen LogP contribution in [-0.2, 0) is 16.4 Å². The number of benzene rings is 1. The van der Waals surface area contributed by atoms with Crippen LogP contribution in [0, 0.1) is 5.82 Å². The number of halogens is 1. The van der Waals surface area contributed by atoms with Crippen LogP contribution < -0.4 is 0 Å². The average Bonchev–Trinajstić information content (AvgIpc) is 2.75. The Bertz CT molecular complexity index is 697. The molecule has 0 unspecified atom stereocenters. The molecule has 0 N–H and O–H groups in total. The summed E-state index contributed by atoms with van der Waals surface area (Å²) >= 11 is 0. The Morgan fingerprint density at radius 3 is 2.79 bits per heavy atom. The number of aromatic nitrogens is 1. The van der Waals surface area contributed by atoms with Crippen LogP contribution in [0.25, 0.3) is 11.0 Å². The van der Waals surface area contributed by atoms with E-state index in [1.807, 2.05) is 4.90 Å². The monoisotopic (exact) mass is 284 g/mol. The van der Waals surface area contributed by atoms with Gasteiger partial charge >= 0.3 is 0 Å². The van der Waals surface area contributed by atoms with E-state index in [1.54, 1.807) is 6.07 Å². The largest absolute Gasteiger partial charge is 0.356 e. The van der Waals surface area contributed by atoms with Crippen LogP contribution in [0.5, 0.6) is 0 Å². The molecule has 0 amide bonds. The first-order valence-electron chi connectivity index (χ1n) is 6.00. The molecule has 0 aliphatic carbocycles. The zero-order valence-electron chi connectivity index (χ0n) is 10.2. The molecule has 1 saturated heterocycles. The summed E-state index contributed by atoms with van der Waals surface area (Å²) in [6, 6.07) is 4.26. The molecule has 2 heterocycles. The number of hydrogen-bond acceptors (Lipinski definition) is 5. The molecule has 1 aliphatic heterocycles. The smallest absolute Gasteiger partial charge is 0.167 e. The highest BCUT2D eigenvalue weighted by Gasteiger charge is 2.23. The lowest BCUT2D eigenvalue weighted by Crippen LogP contribution is -2.39. The summed E-state index contributed by atoms with van der Waals surface area (Å²) in [5.41, 5.74) is 1.19. The van der Waals surface area contributed by atoms with Gasteiger partial charge in [0, 0.05) is 25.0 Å². The van der Waals surface area contributed by atoms with Crippen molar-refractivity contribution in [2.75, 3.05) is 24.6 Å². The van der Waals surface area contributed by atoms with E-state index in [9.17, 15) is 12.8 Å². The average molecular weight is 284 g/mol. The first-order valence-corrected chi connectivity index (χ1v) is 7.82. The van der Waals surface area contributed by atoms with Crippen molar-refractivity contribution in [3.8, 4) is 0 Å². The second-order valence-electron chi connectivity index (χ2n) is 4.70. The maximum Gasteiger partial charge on any atom is 0.167 e. The zero-order chi connectivity index (χ0) is 13.5. The van der Waals surface area contributed by atoms with E-state index in [0.717, 1.165) is 0 Å². The van der Waals surface area contributed by atoms with Crippen molar-refractivity contribution in [3.05, 3.63) is 29.7 Å². The third-order valence-electron chi connectivity index (χ3n) is 3.32. The van der Waals surface area contributed by atoms with Crippen LogP contribution in [0.15, 0.2) is 22.7 Å². The molecule has 2 aromatic rings. The van der Waals surface area contributed by atoms with Gasteiger partial charge in [-0.05, 0) is 18.2 Å². The molecule has 19 heavy (non-hydrogen) atoms. The molecule has 5 nitrogen and oxygen atoms in total. The molecule has 1 fully saturated rings. The van der Waals surface area contributed by atoms with Crippen LogP contribution in [-0.4, -0.2) is 43.1 Å². The van der Waals surface area contributed by atoms with Crippen molar-refractivity contribution in [3.63, 3.8) is 0 Å². The van der Waals surface area contributed by atoms with Gasteiger partial charge in [-0.1, -0.05) is 5.16 Å². The van der Waals surface area contributed by atoms with E-state index in [1.165, 1.54) is 12.1 Å². The third-order valence-corrected chi connectivity index (χ3v) is 4.93. The van der Waals surface area contributed by atoms with E-state index in [4.69, 9.17) is 4.52 Å². The van der Waals surface area contributed by atoms with Crippen LogP contribution in [0.3, 0.4) is 0 Å². The second kappa shape index (κ2) is 4.57. The normalized spacial score (nSPS) is 19.8. The molecule has 1 aliphatic rings. The van der Waals surface area contributed by atoms with E-state index in [0.29, 0.717) is 36.3 Å². The molecule has 102 valence electrons. The van der Waals surface area contributed by atoms with Gasteiger partial charge in [0.05, 0.1) is 11.5 Å². The number of hydrogen-bond donors (Lipinski definition) is 0. The summed E-state index contributed by atoms with van der Waals surface area (Å²) in [6.07, 6.45) is 0. The van der Waals surface area contributed by atoms with Crippen molar-refractivity contribution < 1.29 is 17.3 Å². The lowest BCUT2D eigenvalue weighted by molar-refractivity contribution is 0.278. The lowest BCUT2D eigenvalue weighted by atomic mass is 10.2. The Morgan fingerprint density at radius 1 is 1.32 bits per heavy atom. The Morgan fingerprint density at radius 2 is 2.05 bits per heavy atom. The summed E-state index contributed by atoms with van der Waals surface area (Å²) in [6.45, 7) is 1.43. The van der Waals surface area contributed by atoms with E-state index in [2.05, 4.69) is 5.16 Å². The number of fused-ring (bicyclic) bond motifs is 1. The lowest BCUT2D eigenvalue weighted by Gasteiger charge is -2.25. The summed E-state index contributed by atoms with van der Waals surface area (Å²) in [7, 11) is -2.89. The van der Waals surface area contributed by atoms with Crippen LogP contribution >= 0.6 is 0 Å². The highest BCUT2D eigenvalue weighted by molar-refractivity contribution is 7.91. The summed E-state index contributed by atoms with van der Waals surface area (Å²) < 4.78 is 41.0. The van der Waals surface area contributed by atoms with Crippen molar-refractivity contribution in [2.45, 2.75) is 6.54 Å². The predicted octanol–water partition coefficient (Wildman–Crippen LogP) is 1.20. The summed E-state index contributed by atoms with van der Waals surface area (Å²) in [5.74, 6) is -0.00736. The minimum absolute atomic E-state index is 0.164. The fraction of sp³-hybridized carbons (Fsp3) is 0.417. The topological polar surface area (TPSA) is 63.4 Å². The summed E-state index contributed by atoms with van der Waals surface area (Å²) in [4.78, 5) is 1.99. The fourth-order valence-electron chi connectivity index (χ4n) is 2.19. The predicted molar refractivity (Wildman–Crippen MR) is 67.9 cm³/mol. The minimum Gasteiger partial charge on any atom is -0.356 e. The Balaban J connectivity index is 1.80. The van der Waals surface area contributed by atoms with Gasteiger partial charge in [0.2, 0.25) is 0 Å². The molecular formula is C12H13FN2O3S. The first kappa shape index (κ1) is 12.6. The molecule has 0 radical (unpaired) electrons. The van der Waals surface area contributed by atoms with Crippen molar-refractivity contribution >= 4 is 20.8 Å². The SMILES string of the molecule is O=S1(=O)CCN(Cc2noc3ccc(F)cc23)CC1. The maximum absolute atomic E-state index is 13.2. The molecule has 0 atom stereocenters. The number of nitrogens with zero attached hydrogens (tertiary/aromatic N) is 2. The van der Waals surface area contributed by atoms with Crippen molar-refractivity contribution in [1.29, 1.82) is 0 Å². The molecule has 1 aromatic carbocycles. The maximum atomic E-state index is 13.2. The fourth-order valence-corrected chi connectivity index (χ4v) is 3.47. The van der Waals surface area contributed by atoms with Crippen LogP contribution in [0.4, 0.5) is 4.39 Å². The van der Waals surface area contributed by atoms with Gasteiger partial charge in [0.15, 0.2) is 15.4 Å². The van der Waals surface area contributed by atoms with E-state index >= 15 is 0 Å². The quantitative estimate of drug-likeness (QED) is 0.829. The standard InChI is InChI=1S/C12H13FN2O3S/c13-9-1-2-12-10(7-9)11(14-18-12)8-15-3-5-19(16,17)6-4-15/h1-2,7H,3-6,8H2. The number of sulfone groups is 1. The Kier molecular flexibility index (Phi) is 3.02. The van der Waals surface area contributed by atoms with Crippen LogP contribution in [0.1, 0.15) is 5.69 Å².